The SMILES string of the molecule is COc1cccc2c1N(C(=O)CCCCBr)CCC2. The Balaban J connectivity index is 2.18. The van der Waals surface area contributed by atoms with Gasteiger partial charge in [0.25, 0.3) is 0 Å². The summed E-state index contributed by atoms with van der Waals surface area (Å²) in [6, 6.07) is 6.02. The summed E-state index contributed by atoms with van der Waals surface area (Å²) in [4.78, 5) is 14.3. The lowest BCUT2D eigenvalue weighted by molar-refractivity contribution is -0.118. The average Bonchev–Trinajstić information content (AvgIpc) is 2.46. The second-order valence-corrected chi connectivity index (χ2v) is 5.56. The van der Waals surface area contributed by atoms with Crippen LogP contribution in [-0.4, -0.2) is 24.9 Å². The van der Waals surface area contributed by atoms with Gasteiger partial charge in [-0.3, -0.25) is 4.79 Å². The Morgan fingerprint density at radius 1 is 1.42 bits per heavy atom. The maximum Gasteiger partial charge on any atom is 0.227 e. The van der Waals surface area contributed by atoms with E-state index in [-0.39, 0.29) is 5.91 Å². The minimum absolute atomic E-state index is 0.214. The number of anilines is 1. The van der Waals surface area contributed by atoms with Gasteiger partial charge in [0.1, 0.15) is 5.75 Å². The molecular weight excluding hydrogens is 306 g/mol. The highest BCUT2D eigenvalue weighted by molar-refractivity contribution is 9.09. The van der Waals surface area contributed by atoms with E-state index in [1.165, 1.54) is 5.56 Å². The number of hydrogen-bond donors (Lipinski definition) is 0. The largest absolute Gasteiger partial charge is 0.495 e. The summed E-state index contributed by atoms with van der Waals surface area (Å²) >= 11 is 3.40. The molecule has 1 aliphatic heterocycles. The number of aryl methyl sites for hydroxylation is 1. The third-order valence-electron chi connectivity index (χ3n) is 3.48. The van der Waals surface area contributed by atoms with Crippen LogP contribution in [0.3, 0.4) is 0 Å². The predicted octanol–water partition coefficient (Wildman–Crippen LogP) is 3.54. The lowest BCUT2D eigenvalue weighted by atomic mass is 10.0. The summed E-state index contributed by atoms with van der Waals surface area (Å²) in [5, 5.41) is 0.959. The van der Waals surface area contributed by atoms with E-state index in [0.29, 0.717) is 6.42 Å². The molecule has 0 bridgehead atoms. The fraction of sp³-hybridized carbons (Fsp3) is 0.533. The molecule has 0 saturated carbocycles. The molecule has 0 atom stereocenters. The molecule has 104 valence electrons. The molecule has 0 unspecified atom stereocenters. The van der Waals surface area contributed by atoms with Crippen molar-refractivity contribution < 1.29 is 9.53 Å². The zero-order valence-electron chi connectivity index (χ0n) is 11.3. The first-order valence-electron chi connectivity index (χ1n) is 6.80. The summed E-state index contributed by atoms with van der Waals surface area (Å²) in [5.41, 5.74) is 2.21. The number of methoxy groups -OCH3 is 1. The van der Waals surface area contributed by atoms with Crippen LogP contribution in [0.4, 0.5) is 5.69 Å². The Morgan fingerprint density at radius 3 is 3.00 bits per heavy atom. The fourth-order valence-corrected chi connectivity index (χ4v) is 2.93. The van der Waals surface area contributed by atoms with Crippen molar-refractivity contribution in [3.05, 3.63) is 23.8 Å². The zero-order valence-corrected chi connectivity index (χ0v) is 12.9. The van der Waals surface area contributed by atoms with Crippen LogP contribution in [0.5, 0.6) is 5.75 Å². The van der Waals surface area contributed by atoms with E-state index >= 15 is 0 Å². The molecule has 0 aromatic heterocycles. The topological polar surface area (TPSA) is 29.5 Å². The highest BCUT2D eigenvalue weighted by atomic mass is 79.9. The van der Waals surface area contributed by atoms with Gasteiger partial charge in [-0.15, -0.1) is 0 Å². The van der Waals surface area contributed by atoms with Crippen molar-refractivity contribution in [3.8, 4) is 5.75 Å². The first-order valence-corrected chi connectivity index (χ1v) is 7.92. The molecule has 1 aliphatic rings. The smallest absolute Gasteiger partial charge is 0.227 e. The Bertz CT molecular complexity index is 434. The van der Waals surface area contributed by atoms with Gasteiger partial charge < -0.3 is 9.64 Å². The molecule has 0 aliphatic carbocycles. The van der Waals surface area contributed by atoms with E-state index in [4.69, 9.17) is 4.74 Å². The number of alkyl halides is 1. The van der Waals surface area contributed by atoms with Gasteiger partial charge >= 0.3 is 0 Å². The third-order valence-corrected chi connectivity index (χ3v) is 4.04. The van der Waals surface area contributed by atoms with Crippen molar-refractivity contribution in [2.75, 3.05) is 23.9 Å². The number of hydrogen-bond acceptors (Lipinski definition) is 2. The van der Waals surface area contributed by atoms with Gasteiger partial charge in [-0.25, -0.2) is 0 Å². The van der Waals surface area contributed by atoms with E-state index in [2.05, 4.69) is 22.0 Å². The fourth-order valence-electron chi connectivity index (χ4n) is 2.54. The van der Waals surface area contributed by atoms with E-state index in [1.807, 2.05) is 17.0 Å². The summed E-state index contributed by atoms with van der Waals surface area (Å²) in [7, 11) is 1.66. The van der Waals surface area contributed by atoms with Crippen LogP contribution in [0.1, 0.15) is 31.2 Å². The van der Waals surface area contributed by atoms with E-state index < -0.39 is 0 Å². The van der Waals surface area contributed by atoms with Gasteiger partial charge in [-0.05, 0) is 37.3 Å². The molecule has 1 aromatic rings. The van der Waals surface area contributed by atoms with Crippen molar-refractivity contribution in [3.63, 3.8) is 0 Å². The second-order valence-electron chi connectivity index (χ2n) is 4.76. The highest BCUT2D eigenvalue weighted by Gasteiger charge is 2.25. The molecular formula is C15H20BrNO2. The number of nitrogens with zero attached hydrogens (tertiary/aromatic N) is 1. The van der Waals surface area contributed by atoms with Crippen LogP contribution in [0.25, 0.3) is 0 Å². The van der Waals surface area contributed by atoms with Gasteiger partial charge in [-0.1, -0.05) is 28.1 Å². The lowest BCUT2D eigenvalue weighted by Crippen LogP contribution is -2.35. The van der Waals surface area contributed by atoms with Gasteiger partial charge in [0.2, 0.25) is 5.91 Å². The van der Waals surface area contributed by atoms with Crippen LogP contribution in [0.2, 0.25) is 0 Å². The van der Waals surface area contributed by atoms with Crippen LogP contribution in [-0.2, 0) is 11.2 Å². The number of ether oxygens (including phenoxy) is 1. The molecule has 0 fully saturated rings. The number of carbonyl (C=O) groups excluding carboxylic acids is 1. The quantitative estimate of drug-likeness (QED) is 0.612. The van der Waals surface area contributed by atoms with Crippen LogP contribution < -0.4 is 9.64 Å². The maximum absolute atomic E-state index is 12.4. The Morgan fingerprint density at radius 2 is 2.26 bits per heavy atom. The molecule has 1 aromatic carbocycles. The number of rotatable bonds is 5. The minimum atomic E-state index is 0.214. The number of fused-ring (bicyclic) bond motifs is 1. The highest BCUT2D eigenvalue weighted by Crippen LogP contribution is 2.36. The number of para-hydroxylation sites is 1. The summed E-state index contributed by atoms with van der Waals surface area (Å²) in [5.74, 6) is 1.03. The standard InChI is InChI=1S/C15H20BrNO2/c1-19-13-8-4-6-12-7-5-11-17(15(12)13)14(18)9-2-3-10-16/h4,6,8H,2-3,5,7,9-11H2,1H3. The molecule has 0 N–H and O–H groups in total. The van der Waals surface area contributed by atoms with Crippen molar-refractivity contribution in [1.29, 1.82) is 0 Å². The molecule has 0 radical (unpaired) electrons. The summed E-state index contributed by atoms with van der Waals surface area (Å²) in [6.45, 7) is 0.806. The van der Waals surface area contributed by atoms with Crippen molar-refractivity contribution in [2.45, 2.75) is 32.1 Å². The maximum atomic E-state index is 12.4. The van der Waals surface area contributed by atoms with Gasteiger partial charge in [0, 0.05) is 18.3 Å². The summed E-state index contributed by atoms with van der Waals surface area (Å²) < 4.78 is 5.42. The third kappa shape index (κ3) is 3.30. The molecule has 0 spiro atoms. The number of halogens is 1. The van der Waals surface area contributed by atoms with Crippen LogP contribution in [0, 0.1) is 0 Å². The normalized spacial score (nSPS) is 14.1. The van der Waals surface area contributed by atoms with Crippen molar-refractivity contribution >= 4 is 27.5 Å². The van der Waals surface area contributed by atoms with Crippen LogP contribution >= 0.6 is 15.9 Å². The molecule has 3 nitrogen and oxygen atoms in total. The number of amides is 1. The molecule has 1 heterocycles. The molecule has 2 rings (SSSR count). The number of unbranched alkanes of at least 4 members (excludes halogenated alkanes) is 1. The van der Waals surface area contributed by atoms with Crippen molar-refractivity contribution in [1.82, 2.24) is 0 Å². The number of carbonyl (C=O) groups is 1. The van der Waals surface area contributed by atoms with Crippen LogP contribution in [0.15, 0.2) is 18.2 Å². The van der Waals surface area contributed by atoms with E-state index in [0.717, 1.165) is 49.0 Å². The lowest BCUT2D eigenvalue weighted by Gasteiger charge is -2.31. The van der Waals surface area contributed by atoms with E-state index in [1.54, 1.807) is 7.11 Å². The monoisotopic (exact) mass is 325 g/mol. The van der Waals surface area contributed by atoms with Gasteiger partial charge in [0.05, 0.1) is 12.8 Å². The van der Waals surface area contributed by atoms with Crippen molar-refractivity contribution in [2.24, 2.45) is 0 Å². The molecule has 0 saturated heterocycles. The second kappa shape index (κ2) is 6.94. The molecule has 4 heteroatoms. The Hall–Kier alpha value is -1.03. The van der Waals surface area contributed by atoms with E-state index in [9.17, 15) is 4.79 Å². The Labute approximate surface area is 123 Å². The molecule has 1 amide bonds. The van der Waals surface area contributed by atoms with Gasteiger partial charge in [0.15, 0.2) is 0 Å². The summed E-state index contributed by atoms with van der Waals surface area (Å²) in [6.07, 6.45) is 4.65. The Kier molecular flexibility index (Phi) is 5.25. The first-order chi connectivity index (χ1) is 9.27. The molecule has 19 heavy (non-hydrogen) atoms. The zero-order chi connectivity index (χ0) is 13.7. The van der Waals surface area contributed by atoms with Gasteiger partial charge in [-0.2, -0.15) is 0 Å². The first kappa shape index (κ1) is 14.4. The average molecular weight is 326 g/mol. The predicted molar refractivity (Wildman–Crippen MR) is 81.3 cm³/mol. The number of benzene rings is 1. The minimum Gasteiger partial charge on any atom is -0.495 e.